The molecular weight excluding hydrogens is 400 g/mol. The molecule has 0 unspecified atom stereocenters. The van der Waals surface area contributed by atoms with E-state index in [0.717, 1.165) is 16.8 Å². The van der Waals surface area contributed by atoms with Gasteiger partial charge in [0.15, 0.2) is 16.3 Å². The third-order valence-electron chi connectivity index (χ3n) is 4.51. The third-order valence-corrected chi connectivity index (χ3v) is 5.55. The van der Waals surface area contributed by atoms with Gasteiger partial charge in [0.25, 0.3) is 5.91 Å². The van der Waals surface area contributed by atoms with Gasteiger partial charge in [0.2, 0.25) is 5.75 Å². The Balaban J connectivity index is 2.11. The maximum atomic E-state index is 13.1. The molecular formula is C23H28N2O4S. The fourth-order valence-corrected chi connectivity index (χ4v) is 4.43. The minimum Gasteiger partial charge on any atom is -0.490 e. The first-order valence-corrected chi connectivity index (χ1v) is 11.1. The normalized spacial score (nSPS) is 11.7. The predicted molar refractivity (Wildman–Crippen MR) is 120 cm³/mol. The lowest BCUT2D eigenvalue weighted by Crippen LogP contribution is -2.16. The van der Waals surface area contributed by atoms with Crippen LogP contribution in [0.25, 0.3) is 10.2 Å². The molecule has 0 N–H and O–H groups in total. The lowest BCUT2D eigenvalue weighted by molar-refractivity contribution is 0.0996. The van der Waals surface area contributed by atoms with Gasteiger partial charge in [-0.1, -0.05) is 17.4 Å². The molecule has 0 fully saturated rings. The van der Waals surface area contributed by atoms with E-state index in [1.54, 1.807) is 12.1 Å². The number of hydrogen-bond acceptors (Lipinski definition) is 5. The summed E-state index contributed by atoms with van der Waals surface area (Å²) in [4.78, 5) is 18.2. The first kappa shape index (κ1) is 21.9. The van der Waals surface area contributed by atoms with Crippen molar-refractivity contribution in [2.45, 2.75) is 41.2 Å². The van der Waals surface area contributed by atoms with Crippen molar-refractivity contribution in [3.8, 4) is 17.2 Å². The van der Waals surface area contributed by atoms with Gasteiger partial charge in [0.1, 0.15) is 0 Å². The molecule has 3 aromatic rings. The van der Waals surface area contributed by atoms with E-state index in [2.05, 4.69) is 34.7 Å². The summed E-state index contributed by atoms with van der Waals surface area (Å²) >= 11 is 1.51. The van der Waals surface area contributed by atoms with Crippen LogP contribution in [-0.2, 0) is 6.54 Å². The number of carbonyl (C=O) groups excluding carboxylic acids is 1. The van der Waals surface area contributed by atoms with Crippen molar-refractivity contribution in [2.24, 2.45) is 4.99 Å². The molecule has 6 nitrogen and oxygen atoms in total. The zero-order chi connectivity index (χ0) is 21.7. The van der Waals surface area contributed by atoms with Crippen LogP contribution in [0.5, 0.6) is 17.2 Å². The Labute approximate surface area is 180 Å². The Morgan fingerprint density at radius 2 is 1.60 bits per heavy atom. The van der Waals surface area contributed by atoms with E-state index in [-0.39, 0.29) is 5.91 Å². The molecule has 2 aromatic carbocycles. The van der Waals surface area contributed by atoms with E-state index in [9.17, 15) is 4.79 Å². The van der Waals surface area contributed by atoms with Gasteiger partial charge in [-0.25, -0.2) is 0 Å². The molecule has 0 bridgehead atoms. The molecule has 0 aliphatic carbocycles. The fourth-order valence-electron chi connectivity index (χ4n) is 3.23. The molecule has 0 radical (unpaired) electrons. The largest absolute Gasteiger partial charge is 0.490 e. The second kappa shape index (κ2) is 9.80. The van der Waals surface area contributed by atoms with Gasteiger partial charge in [0.05, 0.1) is 30.0 Å². The monoisotopic (exact) mass is 428 g/mol. The quantitative estimate of drug-likeness (QED) is 0.508. The van der Waals surface area contributed by atoms with Crippen LogP contribution < -0.4 is 19.0 Å². The van der Waals surface area contributed by atoms with Crippen molar-refractivity contribution in [3.63, 3.8) is 0 Å². The minimum atomic E-state index is -0.342. The number of hydrogen-bond donors (Lipinski definition) is 0. The number of fused-ring (bicyclic) bond motifs is 1. The Morgan fingerprint density at radius 3 is 2.17 bits per heavy atom. The van der Waals surface area contributed by atoms with Crippen molar-refractivity contribution in [3.05, 3.63) is 46.3 Å². The number of nitrogens with zero attached hydrogens (tertiary/aromatic N) is 2. The maximum Gasteiger partial charge on any atom is 0.279 e. The molecule has 1 aromatic heterocycles. The Morgan fingerprint density at radius 1 is 0.967 bits per heavy atom. The van der Waals surface area contributed by atoms with Crippen LogP contribution in [0.2, 0.25) is 0 Å². The first-order valence-electron chi connectivity index (χ1n) is 10.3. The zero-order valence-electron chi connectivity index (χ0n) is 18.2. The molecule has 7 heteroatoms. The Bertz CT molecular complexity index is 1090. The maximum absolute atomic E-state index is 13.1. The summed E-state index contributed by atoms with van der Waals surface area (Å²) in [5.74, 6) is 1.14. The zero-order valence-corrected chi connectivity index (χ0v) is 19.0. The SMILES string of the molecule is CCOc1cc(C(=O)N=c2sc3cc(C)ccc3n2CC)cc(OCC)c1OCC. The number of ether oxygens (including phenoxy) is 3. The number of amides is 1. The number of carbonyl (C=O) groups is 1. The van der Waals surface area contributed by atoms with Crippen LogP contribution >= 0.6 is 11.3 Å². The van der Waals surface area contributed by atoms with Gasteiger partial charge in [0, 0.05) is 12.1 Å². The Kier molecular flexibility index (Phi) is 7.15. The summed E-state index contributed by atoms with van der Waals surface area (Å²) in [5, 5.41) is 0. The second-order valence-corrected chi connectivity index (χ2v) is 7.63. The van der Waals surface area contributed by atoms with Gasteiger partial charge in [-0.15, -0.1) is 0 Å². The smallest absolute Gasteiger partial charge is 0.279 e. The van der Waals surface area contributed by atoms with E-state index in [4.69, 9.17) is 14.2 Å². The van der Waals surface area contributed by atoms with Gasteiger partial charge >= 0.3 is 0 Å². The van der Waals surface area contributed by atoms with Crippen molar-refractivity contribution < 1.29 is 19.0 Å². The predicted octanol–water partition coefficient (Wildman–Crippen LogP) is 4.97. The fraction of sp³-hybridized carbons (Fsp3) is 0.391. The molecule has 0 saturated carbocycles. The van der Waals surface area contributed by atoms with Crippen LogP contribution in [0.15, 0.2) is 35.3 Å². The standard InChI is InChI=1S/C23H28N2O4S/c1-6-25-17-11-10-15(5)12-20(17)30-23(25)24-22(26)16-13-18(27-7-2)21(29-9-4)19(14-16)28-8-3/h10-14H,6-9H2,1-5H3. The van der Waals surface area contributed by atoms with Crippen molar-refractivity contribution in [1.29, 1.82) is 0 Å². The molecule has 1 heterocycles. The molecule has 0 atom stereocenters. The van der Waals surface area contributed by atoms with Gasteiger partial charge in [-0.05, 0) is 64.4 Å². The highest BCUT2D eigenvalue weighted by atomic mass is 32.1. The van der Waals surface area contributed by atoms with Gasteiger partial charge < -0.3 is 18.8 Å². The van der Waals surface area contributed by atoms with Gasteiger partial charge in [-0.3, -0.25) is 4.79 Å². The van der Waals surface area contributed by atoms with E-state index >= 15 is 0 Å². The van der Waals surface area contributed by atoms with Crippen molar-refractivity contribution >= 4 is 27.5 Å². The summed E-state index contributed by atoms with van der Waals surface area (Å²) in [7, 11) is 0. The minimum absolute atomic E-state index is 0.342. The average molecular weight is 429 g/mol. The summed E-state index contributed by atoms with van der Waals surface area (Å²) in [6, 6.07) is 9.62. The molecule has 0 aliphatic rings. The summed E-state index contributed by atoms with van der Waals surface area (Å²) < 4.78 is 20.3. The molecule has 30 heavy (non-hydrogen) atoms. The lowest BCUT2D eigenvalue weighted by Gasteiger charge is -2.16. The molecule has 160 valence electrons. The Hall–Kier alpha value is -2.80. The second-order valence-electron chi connectivity index (χ2n) is 6.62. The highest BCUT2D eigenvalue weighted by molar-refractivity contribution is 7.16. The van der Waals surface area contributed by atoms with Crippen LogP contribution in [0, 0.1) is 6.92 Å². The number of aromatic nitrogens is 1. The molecule has 0 aliphatic heterocycles. The van der Waals surface area contributed by atoms with E-state index in [0.29, 0.717) is 47.4 Å². The topological polar surface area (TPSA) is 62.0 Å². The third kappa shape index (κ3) is 4.51. The number of aryl methyl sites for hydroxylation is 2. The highest BCUT2D eigenvalue weighted by Gasteiger charge is 2.18. The summed E-state index contributed by atoms with van der Waals surface area (Å²) in [5.41, 5.74) is 2.66. The lowest BCUT2D eigenvalue weighted by atomic mass is 10.1. The molecule has 3 rings (SSSR count). The van der Waals surface area contributed by atoms with Crippen molar-refractivity contribution in [2.75, 3.05) is 19.8 Å². The molecule has 1 amide bonds. The van der Waals surface area contributed by atoms with Crippen molar-refractivity contribution in [1.82, 2.24) is 4.57 Å². The first-order chi connectivity index (χ1) is 14.5. The van der Waals surface area contributed by atoms with Crippen LogP contribution in [0.1, 0.15) is 43.6 Å². The number of thiazole rings is 1. The summed E-state index contributed by atoms with van der Waals surface area (Å²) in [6.45, 7) is 11.9. The number of benzene rings is 2. The number of rotatable bonds is 8. The molecule has 0 spiro atoms. The van der Waals surface area contributed by atoms with E-state index in [1.165, 1.54) is 16.9 Å². The summed E-state index contributed by atoms with van der Waals surface area (Å²) in [6.07, 6.45) is 0. The van der Waals surface area contributed by atoms with Gasteiger partial charge in [-0.2, -0.15) is 4.99 Å². The van der Waals surface area contributed by atoms with Crippen LogP contribution in [0.3, 0.4) is 0 Å². The average Bonchev–Trinajstić information content (AvgIpc) is 3.06. The van der Waals surface area contributed by atoms with Crippen LogP contribution in [-0.4, -0.2) is 30.3 Å². The molecule has 0 saturated heterocycles. The highest BCUT2D eigenvalue weighted by Crippen LogP contribution is 2.39. The van der Waals surface area contributed by atoms with Crippen LogP contribution in [0.4, 0.5) is 0 Å². The van der Waals surface area contributed by atoms with E-state index < -0.39 is 0 Å². The van der Waals surface area contributed by atoms with E-state index in [1.807, 2.05) is 27.7 Å².